The first-order chi connectivity index (χ1) is 17.7. The lowest BCUT2D eigenvalue weighted by Crippen LogP contribution is -2.05. The Morgan fingerprint density at radius 2 is 1.38 bits per heavy atom. The van der Waals surface area contributed by atoms with Crippen LogP contribution in [0.1, 0.15) is 33.3 Å². The van der Waals surface area contributed by atoms with Gasteiger partial charge in [-0.25, -0.2) is 22.0 Å². The van der Waals surface area contributed by atoms with Crippen LogP contribution < -0.4 is 0 Å². The standard InChI is InChI=1S/C27H13F5N2O3/c1-2-34-13(9-16-24(35)14-7-11-5-3-4-6-12(11)8-15(14)25(16)36)10-17-26(34)33-27(37-17)18-19(28)21(30)23(32)22(31)20(18)29/h3-10H,2H2,1H3. The number of halogens is 5. The number of aryl methyl sites for hydroxylation is 1. The van der Waals surface area contributed by atoms with Crippen molar-refractivity contribution in [1.82, 2.24) is 9.55 Å². The largest absolute Gasteiger partial charge is 0.434 e. The molecular weight excluding hydrogens is 495 g/mol. The minimum atomic E-state index is -2.29. The Morgan fingerprint density at radius 3 is 1.92 bits per heavy atom. The molecule has 37 heavy (non-hydrogen) atoms. The molecule has 184 valence electrons. The Morgan fingerprint density at radius 1 is 0.838 bits per heavy atom. The fourth-order valence-corrected chi connectivity index (χ4v) is 4.59. The van der Waals surface area contributed by atoms with Gasteiger partial charge in [-0.2, -0.15) is 4.98 Å². The number of nitrogens with zero attached hydrogens (tertiary/aromatic N) is 2. The fraction of sp³-hybridized carbons (Fsp3) is 0.0741. The Balaban J connectivity index is 1.46. The van der Waals surface area contributed by atoms with Crippen LogP contribution in [0.2, 0.25) is 0 Å². The molecule has 0 saturated carbocycles. The van der Waals surface area contributed by atoms with E-state index in [0.717, 1.165) is 10.8 Å². The first-order valence-electron chi connectivity index (χ1n) is 11.1. The van der Waals surface area contributed by atoms with Crippen molar-refractivity contribution in [3.63, 3.8) is 0 Å². The van der Waals surface area contributed by atoms with Crippen LogP contribution in [0.25, 0.3) is 39.5 Å². The number of rotatable bonds is 3. The Kier molecular flexibility index (Phi) is 4.91. The second kappa shape index (κ2) is 7.95. The van der Waals surface area contributed by atoms with Gasteiger partial charge >= 0.3 is 0 Å². The number of ketones is 2. The summed E-state index contributed by atoms with van der Waals surface area (Å²) in [6, 6.07) is 12.0. The van der Waals surface area contributed by atoms with Crippen LogP contribution in [-0.4, -0.2) is 21.1 Å². The molecule has 5 aromatic rings. The zero-order valence-corrected chi connectivity index (χ0v) is 18.8. The number of carbonyl (C=O) groups excluding carboxylic acids is 2. The van der Waals surface area contributed by atoms with Crippen molar-refractivity contribution in [2.24, 2.45) is 0 Å². The van der Waals surface area contributed by atoms with E-state index in [1.807, 2.05) is 24.3 Å². The maximum atomic E-state index is 14.3. The summed E-state index contributed by atoms with van der Waals surface area (Å²) in [7, 11) is 0. The van der Waals surface area contributed by atoms with Crippen molar-refractivity contribution < 1.29 is 36.0 Å². The van der Waals surface area contributed by atoms with Gasteiger partial charge in [0.2, 0.25) is 11.7 Å². The van der Waals surface area contributed by atoms with Gasteiger partial charge in [0, 0.05) is 29.4 Å². The summed E-state index contributed by atoms with van der Waals surface area (Å²) >= 11 is 0. The van der Waals surface area contributed by atoms with E-state index in [1.165, 1.54) is 16.7 Å². The molecule has 0 saturated heterocycles. The first-order valence-corrected chi connectivity index (χ1v) is 11.1. The van der Waals surface area contributed by atoms with Crippen LogP contribution in [0.3, 0.4) is 0 Å². The highest BCUT2D eigenvalue weighted by atomic mass is 19.2. The van der Waals surface area contributed by atoms with Gasteiger partial charge in [0.15, 0.2) is 46.1 Å². The molecule has 10 heteroatoms. The average molecular weight is 508 g/mol. The second-order valence-electron chi connectivity index (χ2n) is 8.43. The van der Waals surface area contributed by atoms with Gasteiger partial charge in [0.1, 0.15) is 5.56 Å². The molecule has 1 aliphatic carbocycles. The molecule has 0 atom stereocenters. The number of aromatic nitrogens is 2. The number of benzene rings is 3. The van der Waals surface area contributed by atoms with E-state index in [-0.39, 0.29) is 34.5 Å². The third kappa shape index (κ3) is 3.18. The Bertz CT molecular complexity index is 1780. The predicted octanol–water partition coefficient (Wildman–Crippen LogP) is 6.63. The van der Waals surface area contributed by atoms with Crippen molar-refractivity contribution in [3.05, 3.63) is 93.9 Å². The lowest BCUT2D eigenvalue weighted by Gasteiger charge is -2.05. The minimum absolute atomic E-state index is 0.0335. The van der Waals surface area contributed by atoms with Crippen LogP contribution in [0, 0.1) is 29.1 Å². The molecule has 0 aliphatic heterocycles. The topological polar surface area (TPSA) is 65.1 Å². The normalized spacial score (nSPS) is 13.3. The molecule has 6 rings (SSSR count). The van der Waals surface area contributed by atoms with E-state index in [4.69, 9.17) is 4.42 Å². The van der Waals surface area contributed by atoms with Gasteiger partial charge in [0.05, 0.1) is 5.57 Å². The molecule has 0 radical (unpaired) electrons. The highest BCUT2D eigenvalue weighted by molar-refractivity contribution is 6.42. The summed E-state index contributed by atoms with van der Waals surface area (Å²) in [5, 5.41) is 1.62. The number of fused-ring (bicyclic) bond motifs is 3. The molecule has 0 amide bonds. The second-order valence-corrected chi connectivity index (χ2v) is 8.43. The van der Waals surface area contributed by atoms with Crippen molar-refractivity contribution in [1.29, 1.82) is 0 Å². The average Bonchev–Trinajstić information content (AvgIpc) is 3.51. The number of hydrogen-bond acceptors (Lipinski definition) is 4. The molecule has 2 aromatic heterocycles. The Labute approximate surface area is 204 Å². The predicted molar refractivity (Wildman–Crippen MR) is 123 cm³/mol. The number of Topliss-reactive ketones (excluding diaryl/α,β-unsaturated/α-hetero) is 2. The number of allylic oxidation sites excluding steroid dienone is 1. The van der Waals surface area contributed by atoms with E-state index in [1.54, 1.807) is 19.1 Å². The molecule has 3 aromatic carbocycles. The van der Waals surface area contributed by atoms with Crippen molar-refractivity contribution >= 4 is 39.6 Å². The van der Waals surface area contributed by atoms with Crippen LogP contribution >= 0.6 is 0 Å². The van der Waals surface area contributed by atoms with Crippen molar-refractivity contribution in [2.45, 2.75) is 13.5 Å². The maximum Gasteiger partial charge on any atom is 0.235 e. The van der Waals surface area contributed by atoms with E-state index in [9.17, 15) is 31.5 Å². The van der Waals surface area contributed by atoms with E-state index in [2.05, 4.69) is 4.98 Å². The molecule has 0 bridgehead atoms. The molecule has 1 aliphatic rings. The van der Waals surface area contributed by atoms with Crippen LogP contribution in [0.4, 0.5) is 22.0 Å². The van der Waals surface area contributed by atoms with Crippen LogP contribution in [-0.2, 0) is 6.54 Å². The van der Waals surface area contributed by atoms with E-state index < -0.39 is 52.1 Å². The van der Waals surface area contributed by atoms with Crippen LogP contribution in [0.15, 0.2) is 52.5 Å². The van der Waals surface area contributed by atoms with Gasteiger partial charge in [-0.3, -0.25) is 9.59 Å². The Hall–Kier alpha value is -4.60. The van der Waals surface area contributed by atoms with E-state index >= 15 is 0 Å². The summed E-state index contributed by atoms with van der Waals surface area (Å²) in [5.41, 5.74) is -0.482. The highest BCUT2D eigenvalue weighted by Crippen LogP contribution is 2.36. The van der Waals surface area contributed by atoms with Crippen molar-refractivity contribution in [3.8, 4) is 11.5 Å². The van der Waals surface area contributed by atoms with Crippen LogP contribution in [0.5, 0.6) is 0 Å². The summed E-state index contributed by atoms with van der Waals surface area (Å²) in [4.78, 5) is 30.1. The first kappa shape index (κ1) is 22.8. The monoisotopic (exact) mass is 508 g/mol. The molecular formula is C27H13F5N2O3. The molecule has 5 nitrogen and oxygen atoms in total. The smallest absolute Gasteiger partial charge is 0.235 e. The summed E-state index contributed by atoms with van der Waals surface area (Å²) in [6.07, 6.45) is 1.37. The quantitative estimate of drug-likeness (QED) is 0.0903. The summed E-state index contributed by atoms with van der Waals surface area (Å²) in [6.45, 7) is 1.93. The van der Waals surface area contributed by atoms with E-state index in [0.29, 0.717) is 5.69 Å². The van der Waals surface area contributed by atoms with Gasteiger partial charge in [-0.05, 0) is 35.9 Å². The highest BCUT2D eigenvalue weighted by Gasteiger charge is 2.34. The van der Waals surface area contributed by atoms with Gasteiger partial charge < -0.3 is 8.98 Å². The zero-order chi connectivity index (χ0) is 26.2. The lowest BCUT2D eigenvalue weighted by molar-refractivity contribution is 0.0990. The summed E-state index contributed by atoms with van der Waals surface area (Å²) in [5.74, 6) is -12.4. The van der Waals surface area contributed by atoms with Crippen molar-refractivity contribution in [2.75, 3.05) is 0 Å². The third-order valence-electron chi connectivity index (χ3n) is 6.38. The zero-order valence-electron chi connectivity index (χ0n) is 18.8. The molecule has 0 unspecified atom stereocenters. The number of hydrogen-bond donors (Lipinski definition) is 0. The molecule has 0 fully saturated rings. The lowest BCUT2D eigenvalue weighted by atomic mass is 10.0. The maximum absolute atomic E-state index is 14.3. The molecule has 0 N–H and O–H groups in total. The van der Waals surface area contributed by atoms with Gasteiger partial charge in [-0.1, -0.05) is 24.3 Å². The third-order valence-corrected chi connectivity index (χ3v) is 6.38. The number of carbonyl (C=O) groups is 2. The minimum Gasteiger partial charge on any atom is -0.434 e. The SMILES string of the molecule is CCn1c(C=C2C(=O)c3cc4ccccc4cc3C2=O)cc2oc(-c3c(F)c(F)c(F)c(F)c3F)nc21. The van der Waals surface area contributed by atoms with Gasteiger partial charge in [0.25, 0.3) is 0 Å². The molecule has 0 spiro atoms. The van der Waals surface area contributed by atoms with Gasteiger partial charge in [-0.15, -0.1) is 0 Å². The summed E-state index contributed by atoms with van der Waals surface area (Å²) < 4.78 is 76.1. The number of oxazole rings is 1. The molecule has 2 heterocycles. The fourth-order valence-electron chi connectivity index (χ4n) is 4.59.